The van der Waals surface area contributed by atoms with Crippen molar-refractivity contribution in [2.75, 3.05) is 5.73 Å². The number of nitrogens with zero attached hydrogens (tertiary/aromatic N) is 2. The Hall–Kier alpha value is -1.80. The van der Waals surface area contributed by atoms with Gasteiger partial charge in [0.05, 0.1) is 5.75 Å². The minimum Gasteiger partial charge on any atom is -0.382 e. The summed E-state index contributed by atoms with van der Waals surface area (Å²) in [5, 5.41) is -0.526. The van der Waals surface area contributed by atoms with E-state index < -0.39 is 43.7 Å². The van der Waals surface area contributed by atoms with Gasteiger partial charge in [-0.2, -0.15) is 4.98 Å². The van der Waals surface area contributed by atoms with Crippen molar-refractivity contribution in [2.45, 2.75) is 17.1 Å². The lowest BCUT2D eigenvalue weighted by atomic mass is 10.2. The van der Waals surface area contributed by atoms with Crippen LogP contribution in [0.25, 0.3) is 0 Å². The second kappa shape index (κ2) is 5.90. The molecule has 112 valence electrons. The molecule has 9 heteroatoms. The number of alkyl halides is 2. The van der Waals surface area contributed by atoms with Gasteiger partial charge in [0.15, 0.2) is 9.84 Å². The van der Waals surface area contributed by atoms with Crippen LogP contribution in [0.3, 0.4) is 0 Å². The highest BCUT2D eigenvalue weighted by Crippen LogP contribution is 2.31. The van der Waals surface area contributed by atoms with Crippen LogP contribution in [0.1, 0.15) is 17.7 Å². The molecule has 21 heavy (non-hydrogen) atoms. The normalized spacial score (nSPS) is 11.8. The van der Waals surface area contributed by atoms with Gasteiger partial charge in [-0.25, -0.2) is 22.2 Å². The molecule has 1 aromatic heterocycles. The molecule has 0 saturated carbocycles. The van der Waals surface area contributed by atoms with E-state index in [2.05, 4.69) is 9.97 Å². The van der Waals surface area contributed by atoms with E-state index in [0.29, 0.717) is 5.56 Å². The fourth-order valence-electron chi connectivity index (χ4n) is 1.79. The zero-order valence-electron chi connectivity index (χ0n) is 10.5. The Morgan fingerprint density at radius 1 is 1.19 bits per heavy atom. The summed E-state index contributed by atoms with van der Waals surface area (Å²) in [4.78, 5) is 5.96. The van der Waals surface area contributed by atoms with Crippen LogP contribution in [0.15, 0.2) is 35.2 Å². The number of rotatable bonds is 4. The number of nitrogen functional groups attached to an aromatic ring is 1. The molecular formula is C12H10ClF2N3O2S. The van der Waals surface area contributed by atoms with E-state index in [4.69, 9.17) is 17.3 Å². The van der Waals surface area contributed by atoms with E-state index in [1.54, 1.807) is 30.3 Å². The van der Waals surface area contributed by atoms with Crippen molar-refractivity contribution in [1.82, 2.24) is 9.97 Å². The van der Waals surface area contributed by atoms with Gasteiger partial charge in [0, 0.05) is 0 Å². The molecule has 2 aromatic rings. The quantitative estimate of drug-likeness (QED) is 0.869. The van der Waals surface area contributed by atoms with Crippen molar-refractivity contribution < 1.29 is 17.2 Å². The summed E-state index contributed by atoms with van der Waals surface area (Å²) >= 11 is 5.45. The molecule has 2 rings (SSSR count). The number of hydrogen-bond donors (Lipinski definition) is 1. The smallest absolute Gasteiger partial charge is 0.281 e. The summed E-state index contributed by atoms with van der Waals surface area (Å²) in [5.41, 5.74) is 4.91. The second-order valence-electron chi connectivity index (χ2n) is 4.14. The SMILES string of the molecule is Nc1nc(Cl)nc(C(F)F)c1S(=O)(=O)Cc1ccccc1. The molecule has 2 N–H and O–H groups in total. The third kappa shape index (κ3) is 3.45. The average Bonchev–Trinajstić information content (AvgIpc) is 2.37. The standard InChI is InChI=1S/C12H10ClF2N3O2S/c13-12-17-8(10(14)15)9(11(16)18-12)21(19,20)6-7-4-2-1-3-5-7/h1-5,10H,6H2,(H2,16,17,18). The van der Waals surface area contributed by atoms with E-state index in [-0.39, 0.29) is 0 Å². The Bertz CT molecular complexity index is 755. The maximum atomic E-state index is 13.0. The maximum Gasteiger partial charge on any atom is 0.281 e. The highest BCUT2D eigenvalue weighted by Gasteiger charge is 2.29. The van der Waals surface area contributed by atoms with Crippen molar-refractivity contribution in [3.05, 3.63) is 46.9 Å². The first-order chi connectivity index (χ1) is 9.81. The van der Waals surface area contributed by atoms with Crippen LogP contribution in [-0.4, -0.2) is 18.4 Å². The number of nitrogens with two attached hydrogens (primary N) is 1. The molecule has 0 aliphatic rings. The fraction of sp³-hybridized carbons (Fsp3) is 0.167. The molecule has 0 aliphatic carbocycles. The van der Waals surface area contributed by atoms with Crippen LogP contribution in [-0.2, 0) is 15.6 Å². The van der Waals surface area contributed by atoms with Crippen molar-refractivity contribution >= 4 is 27.3 Å². The van der Waals surface area contributed by atoms with Crippen LogP contribution >= 0.6 is 11.6 Å². The van der Waals surface area contributed by atoms with Crippen LogP contribution < -0.4 is 5.73 Å². The number of anilines is 1. The van der Waals surface area contributed by atoms with E-state index in [1.165, 1.54) is 0 Å². The largest absolute Gasteiger partial charge is 0.382 e. The van der Waals surface area contributed by atoms with Gasteiger partial charge < -0.3 is 5.73 Å². The molecule has 0 saturated heterocycles. The van der Waals surface area contributed by atoms with E-state index in [9.17, 15) is 17.2 Å². The first-order valence-electron chi connectivity index (χ1n) is 5.69. The van der Waals surface area contributed by atoms with Gasteiger partial charge in [-0.1, -0.05) is 30.3 Å². The molecule has 0 fully saturated rings. The summed E-state index contributed by atoms with van der Waals surface area (Å²) in [6.45, 7) is 0. The predicted molar refractivity (Wildman–Crippen MR) is 73.7 cm³/mol. The summed E-state index contributed by atoms with van der Waals surface area (Å²) < 4.78 is 50.6. The molecule has 0 spiro atoms. The first-order valence-corrected chi connectivity index (χ1v) is 7.72. The summed E-state index contributed by atoms with van der Waals surface area (Å²) in [6.07, 6.45) is -3.13. The van der Waals surface area contributed by atoms with Crippen molar-refractivity contribution in [1.29, 1.82) is 0 Å². The fourth-order valence-corrected chi connectivity index (χ4v) is 3.56. The zero-order chi connectivity index (χ0) is 15.6. The number of aromatic nitrogens is 2. The average molecular weight is 334 g/mol. The minimum absolute atomic E-state index is 0.437. The van der Waals surface area contributed by atoms with E-state index >= 15 is 0 Å². The lowest BCUT2D eigenvalue weighted by molar-refractivity contribution is 0.142. The minimum atomic E-state index is -4.13. The first kappa shape index (κ1) is 15.6. The molecule has 0 aliphatic heterocycles. The molecule has 0 amide bonds. The summed E-state index contributed by atoms with van der Waals surface area (Å²) in [6, 6.07) is 8.11. The third-order valence-corrected chi connectivity index (χ3v) is 4.53. The van der Waals surface area contributed by atoms with Crippen molar-refractivity contribution in [3.8, 4) is 0 Å². The van der Waals surface area contributed by atoms with Gasteiger partial charge in [0.1, 0.15) is 16.4 Å². The Labute approximate surface area is 124 Å². The summed E-state index contributed by atoms with van der Waals surface area (Å²) in [5.74, 6) is -1.07. The van der Waals surface area contributed by atoms with Gasteiger partial charge in [0.2, 0.25) is 5.28 Å². The summed E-state index contributed by atoms with van der Waals surface area (Å²) in [7, 11) is -4.13. The molecule has 0 atom stereocenters. The van der Waals surface area contributed by atoms with E-state index in [0.717, 1.165) is 0 Å². The van der Waals surface area contributed by atoms with Gasteiger partial charge in [-0.05, 0) is 17.2 Å². The maximum absolute atomic E-state index is 13.0. The highest BCUT2D eigenvalue weighted by molar-refractivity contribution is 7.90. The molecule has 1 aromatic carbocycles. The Morgan fingerprint density at radius 2 is 1.81 bits per heavy atom. The molecule has 1 heterocycles. The molecular weight excluding hydrogens is 324 g/mol. The van der Waals surface area contributed by atoms with Gasteiger partial charge in [-0.3, -0.25) is 0 Å². The third-order valence-electron chi connectivity index (χ3n) is 2.61. The second-order valence-corrected chi connectivity index (χ2v) is 6.40. The van der Waals surface area contributed by atoms with Crippen LogP contribution in [0.4, 0.5) is 14.6 Å². The predicted octanol–water partition coefficient (Wildman–Crippen LogP) is 2.62. The van der Waals surface area contributed by atoms with E-state index in [1.807, 2.05) is 0 Å². The molecule has 0 bridgehead atoms. The molecule has 5 nitrogen and oxygen atoms in total. The highest BCUT2D eigenvalue weighted by atomic mass is 35.5. The van der Waals surface area contributed by atoms with Crippen LogP contribution in [0, 0.1) is 0 Å². The van der Waals surface area contributed by atoms with Crippen molar-refractivity contribution in [2.24, 2.45) is 0 Å². The van der Waals surface area contributed by atoms with Crippen LogP contribution in [0.2, 0.25) is 5.28 Å². The number of benzene rings is 1. The van der Waals surface area contributed by atoms with Crippen LogP contribution in [0.5, 0.6) is 0 Å². The number of halogens is 3. The topological polar surface area (TPSA) is 85.9 Å². The molecule has 0 unspecified atom stereocenters. The molecule has 0 radical (unpaired) electrons. The lowest BCUT2D eigenvalue weighted by Gasteiger charge is -2.11. The van der Waals surface area contributed by atoms with Gasteiger partial charge >= 0.3 is 0 Å². The Morgan fingerprint density at radius 3 is 2.38 bits per heavy atom. The zero-order valence-corrected chi connectivity index (χ0v) is 12.1. The van der Waals surface area contributed by atoms with Crippen molar-refractivity contribution in [3.63, 3.8) is 0 Å². The lowest BCUT2D eigenvalue weighted by Crippen LogP contribution is -2.14. The number of sulfone groups is 1. The Balaban J connectivity index is 2.54. The van der Waals surface area contributed by atoms with Gasteiger partial charge in [-0.15, -0.1) is 0 Å². The number of hydrogen-bond acceptors (Lipinski definition) is 5. The monoisotopic (exact) mass is 333 g/mol. The van der Waals surface area contributed by atoms with Gasteiger partial charge in [0.25, 0.3) is 6.43 Å². The Kier molecular flexibility index (Phi) is 4.38.